The molecule has 4 nitrogen and oxygen atoms in total. The van der Waals surface area contributed by atoms with Crippen molar-refractivity contribution in [1.29, 1.82) is 0 Å². The molecule has 16 heavy (non-hydrogen) atoms. The zero-order chi connectivity index (χ0) is 12.6. The van der Waals surface area contributed by atoms with Crippen LogP contribution >= 0.6 is 12.2 Å². The summed E-state index contributed by atoms with van der Waals surface area (Å²) in [7, 11) is 2.33. The van der Waals surface area contributed by atoms with Gasteiger partial charge in [0, 0.05) is 27.4 Å². The zero-order valence-electron chi connectivity index (χ0n) is 10.4. The maximum atomic E-state index is 5.32. The minimum atomic E-state index is -2.46. The van der Waals surface area contributed by atoms with Gasteiger partial charge in [-0.3, -0.25) is 0 Å². The maximum absolute atomic E-state index is 5.32. The van der Waals surface area contributed by atoms with Gasteiger partial charge in [0.25, 0.3) is 0 Å². The average Bonchev–Trinajstić information content (AvgIpc) is 2.30. The van der Waals surface area contributed by atoms with Crippen molar-refractivity contribution in [2.24, 2.45) is 0 Å². The van der Waals surface area contributed by atoms with Crippen molar-refractivity contribution in [1.82, 2.24) is 0 Å². The lowest BCUT2D eigenvalue weighted by molar-refractivity contribution is 0.121. The summed E-state index contributed by atoms with van der Waals surface area (Å²) < 4.78 is 21.2. The molecule has 0 aliphatic rings. The first-order valence-electron chi connectivity index (χ1n) is 4.99. The summed E-state index contributed by atoms with van der Waals surface area (Å²) in [6, 6.07) is 0.704. The number of ether oxygens (including phenoxy) is 1. The van der Waals surface area contributed by atoms with Crippen LogP contribution in [0.4, 0.5) is 0 Å². The van der Waals surface area contributed by atoms with E-state index >= 15 is 0 Å². The smallest absolute Gasteiger partial charge is 0.483 e. The Morgan fingerprint density at radius 3 is 2.06 bits per heavy atom. The van der Waals surface area contributed by atoms with Crippen LogP contribution in [0.5, 0.6) is 0 Å². The van der Waals surface area contributed by atoms with Crippen molar-refractivity contribution >= 4 is 26.1 Å². The second-order valence-corrected chi connectivity index (χ2v) is 6.78. The van der Waals surface area contributed by atoms with Gasteiger partial charge in [-0.25, -0.2) is 0 Å². The third kappa shape index (κ3) is 5.18. The molecule has 0 radical (unpaired) electrons. The SMILES string of the molecule is C=C(C)C(=S)OCCC[Si](OC)(OC)OC. The van der Waals surface area contributed by atoms with E-state index in [0.29, 0.717) is 17.7 Å². The van der Waals surface area contributed by atoms with Gasteiger partial charge >= 0.3 is 8.80 Å². The number of hydrogen-bond donors (Lipinski definition) is 0. The predicted octanol–water partition coefficient (Wildman–Crippen LogP) is 2.17. The summed E-state index contributed by atoms with van der Waals surface area (Å²) >= 11 is 4.97. The van der Waals surface area contributed by atoms with Crippen LogP contribution in [0.2, 0.25) is 6.04 Å². The zero-order valence-corrected chi connectivity index (χ0v) is 12.2. The Labute approximate surface area is 104 Å². The molecule has 0 aliphatic carbocycles. The van der Waals surface area contributed by atoms with Crippen LogP contribution in [0.3, 0.4) is 0 Å². The Hall–Kier alpha value is -0.273. The van der Waals surface area contributed by atoms with Crippen LogP contribution in [0.1, 0.15) is 13.3 Å². The first kappa shape index (κ1) is 15.7. The minimum absolute atomic E-state index is 0.458. The molecule has 0 saturated carbocycles. The van der Waals surface area contributed by atoms with Crippen molar-refractivity contribution in [3.05, 3.63) is 12.2 Å². The molecule has 0 amide bonds. The van der Waals surface area contributed by atoms with E-state index in [9.17, 15) is 0 Å². The van der Waals surface area contributed by atoms with Crippen LogP contribution < -0.4 is 0 Å². The van der Waals surface area contributed by atoms with Crippen LogP contribution in [-0.4, -0.2) is 41.8 Å². The highest BCUT2D eigenvalue weighted by molar-refractivity contribution is 7.80. The molecule has 0 unspecified atom stereocenters. The lowest BCUT2D eigenvalue weighted by Crippen LogP contribution is -2.42. The molecule has 0 heterocycles. The van der Waals surface area contributed by atoms with Crippen LogP contribution in [0, 0.1) is 0 Å². The highest BCUT2D eigenvalue weighted by Gasteiger charge is 2.36. The van der Waals surface area contributed by atoms with E-state index in [1.807, 2.05) is 6.92 Å². The van der Waals surface area contributed by atoms with Gasteiger partial charge in [0.05, 0.1) is 6.61 Å². The van der Waals surface area contributed by atoms with E-state index < -0.39 is 8.80 Å². The van der Waals surface area contributed by atoms with Gasteiger partial charge in [0.2, 0.25) is 0 Å². The van der Waals surface area contributed by atoms with E-state index in [1.54, 1.807) is 21.3 Å². The minimum Gasteiger partial charge on any atom is -0.483 e. The van der Waals surface area contributed by atoms with Gasteiger partial charge < -0.3 is 18.0 Å². The lowest BCUT2D eigenvalue weighted by Gasteiger charge is -2.24. The average molecular weight is 264 g/mol. The van der Waals surface area contributed by atoms with E-state index in [0.717, 1.165) is 12.0 Å². The quantitative estimate of drug-likeness (QED) is 0.291. The van der Waals surface area contributed by atoms with E-state index in [2.05, 4.69) is 6.58 Å². The Kier molecular flexibility index (Phi) is 7.78. The van der Waals surface area contributed by atoms with Crippen LogP contribution in [0.15, 0.2) is 12.2 Å². The summed E-state index contributed by atoms with van der Waals surface area (Å²) in [5.74, 6) is 0. The van der Waals surface area contributed by atoms with E-state index in [1.165, 1.54) is 0 Å². The van der Waals surface area contributed by atoms with E-state index in [4.69, 9.17) is 30.2 Å². The summed E-state index contributed by atoms with van der Waals surface area (Å²) in [4.78, 5) is 0. The maximum Gasteiger partial charge on any atom is 0.500 e. The Morgan fingerprint density at radius 1 is 1.19 bits per heavy atom. The van der Waals surface area contributed by atoms with E-state index in [-0.39, 0.29) is 0 Å². The molecule has 0 N–H and O–H groups in total. The Bertz CT molecular complexity index is 233. The highest BCUT2D eigenvalue weighted by Crippen LogP contribution is 2.15. The van der Waals surface area contributed by atoms with Gasteiger partial charge in [0.1, 0.15) is 0 Å². The third-order valence-electron chi connectivity index (χ3n) is 2.14. The number of rotatable bonds is 8. The van der Waals surface area contributed by atoms with Gasteiger partial charge in [-0.2, -0.15) is 0 Å². The molecule has 0 aromatic rings. The summed E-state index contributed by atoms with van der Waals surface area (Å²) in [6.45, 7) is 6.04. The molecule has 94 valence electrons. The van der Waals surface area contributed by atoms with Crippen molar-refractivity contribution in [3.8, 4) is 0 Å². The molecule has 0 bridgehead atoms. The second-order valence-electron chi connectivity index (χ2n) is 3.32. The van der Waals surface area contributed by atoms with Crippen molar-refractivity contribution in [3.63, 3.8) is 0 Å². The fourth-order valence-electron chi connectivity index (χ4n) is 1.13. The molecule has 0 rings (SSSR count). The second kappa shape index (κ2) is 7.91. The largest absolute Gasteiger partial charge is 0.500 e. The van der Waals surface area contributed by atoms with Crippen molar-refractivity contribution < 1.29 is 18.0 Å². The summed E-state index contributed by atoms with van der Waals surface area (Å²) in [5, 5.41) is 0.458. The van der Waals surface area contributed by atoms with Crippen LogP contribution in [0.25, 0.3) is 0 Å². The summed E-state index contributed by atoms with van der Waals surface area (Å²) in [5.41, 5.74) is 0.767. The molecule has 0 atom stereocenters. The fourth-order valence-corrected chi connectivity index (χ4v) is 2.91. The van der Waals surface area contributed by atoms with Crippen molar-refractivity contribution in [2.75, 3.05) is 27.9 Å². The van der Waals surface area contributed by atoms with Crippen molar-refractivity contribution in [2.45, 2.75) is 19.4 Å². The molecule has 0 aliphatic heterocycles. The molecule has 0 spiro atoms. The summed E-state index contributed by atoms with van der Waals surface area (Å²) in [6.07, 6.45) is 0.773. The van der Waals surface area contributed by atoms with Gasteiger partial charge in [-0.15, -0.1) is 0 Å². The topological polar surface area (TPSA) is 36.9 Å². The standard InChI is InChI=1S/C10H20O4SSi/c1-9(2)10(15)14-7-6-8-16(11-3,12-4)13-5/h1,6-8H2,2-5H3. The van der Waals surface area contributed by atoms with Gasteiger partial charge in [-0.05, 0) is 31.1 Å². The van der Waals surface area contributed by atoms with Gasteiger partial charge in [0.15, 0.2) is 5.05 Å². The predicted molar refractivity (Wildman–Crippen MR) is 69.6 cm³/mol. The van der Waals surface area contributed by atoms with Crippen LogP contribution in [-0.2, 0) is 18.0 Å². The number of hydrogen-bond acceptors (Lipinski definition) is 5. The normalized spacial score (nSPS) is 11.2. The monoisotopic (exact) mass is 264 g/mol. The number of thiocarbonyl (C=S) groups is 1. The molecule has 0 fully saturated rings. The van der Waals surface area contributed by atoms with Gasteiger partial charge in [-0.1, -0.05) is 6.58 Å². The highest BCUT2D eigenvalue weighted by atomic mass is 32.1. The Balaban J connectivity index is 3.88. The molecule has 0 aromatic heterocycles. The third-order valence-corrected chi connectivity index (χ3v) is 5.44. The Morgan fingerprint density at radius 2 is 1.69 bits per heavy atom. The lowest BCUT2D eigenvalue weighted by atomic mass is 10.4. The molecule has 0 aromatic carbocycles. The molecular formula is C10H20O4SSi. The first-order valence-corrected chi connectivity index (χ1v) is 7.33. The fraction of sp³-hybridized carbons (Fsp3) is 0.700. The molecule has 0 saturated heterocycles. The molecule has 6 heteroatoms. The molecular weight excluding hydrogens is 244 g/mol. The first-order chi connectivity index (χ1) is 7.51.